The minimum absolute atomic E-state index is 0.0219. The first-order valence-electron chi connectivity index (χ1n) is 6.02. The predicted octanol–water partition coefficient (Wildman–Crippen LogP) is 4.44. The fraction of sp³-hybridized carbons (Fsp3) is 0.188. The summed E-state index contributed by atoms with van der Waals surface area (Å²) in [6.07, 6.45) is 0.972. The van der Waals surface area contributed by atoms with Crippen LogP contribution >= 0.6 is 11.6 Å². The van der Waals surface area contributed by atoms with Crippen molar-refractivity contribution in [1.82, 2.24) is 0 Å². The zero-order chi connectivity index (χ0) is 13.1. The molecule has 0 fully saturated rings. The van der Waals surface area contributed by atoms with E-state index in [1.807, 2.05) is 43.3 Å². The summed E-state index contributed by atoms with van der Waals surface area (Å²) >= 11 is 6.18. The minimum Gasteiger partial charge on any atom is -0.289 e. The molecule has 0 radical (unpaired) electrons. The molecule has 0 unspecified atom stereocenters. The van der Waals surface area contributed by atoms with Gasteiger partial charge >= 0.3 is 0 Å². The summed E-state index contributed by atoms with van der Waals surface area (Å²) < 4.78 is 0. The fourth-order valence-electron chi connectivity index (χ4n) is 1.87. The molecule has 0 aliphatic carbocycles. The van der Waals surface area contributed by atoms with Gasteiger partial charge in [-0.1, -0.05) is 54.9 Å². The number of hydrogen-bond acceptors (Lipinski definition) is 1. The quantitative estimate of drug-likeness (QED) is 0.744. The Bertz CT molecular complexity index is 570. The molecule has 0 bridgehead atoms. The van der Waals surface area contributed by atoms with Crippen molar-refractivity contribution in [2.45, 2.75) is 20.3 Å². The first-order chi connectivity index (χ1) is 8.63. The van der Waals surface area contributed by atoms with E-state index in [9.17, 15) is 4.79 Å². The number of ketones is 1. The lowest BCUT2D eigenvalue weighted by atomic mass is 10.00. The first kappa shape index (κ1) is 12.8. The van der Waals surface area contributed by atoms with Crippen LogP contribution in [0, 0.1) is 6.92 Å². The van der Waals surface area contributed by atoms with Crippen molar-refractivity contribution < 1.29 is 4.79 Å². The maximum atomic E-state index is 12.3. The van der Waals surface area contributed by atoms with Gasteiger partial charge in [0.2, 0.25) is 0 Å². The van der Waals surface area contributed by atoms with Gasteiger partial charge in [0.05, 0.1) is 5.02 Å². The van der Waals surface area contributed by atoms with Crippen LogP contribution in [0.1, 0.15) is 34.0 Å². The van der Waals surface area contributed by atoms with Crippen LogP contribution in [0.25, 0.3) is 0 Å². The third-order valence-corrected chi connectivity index (χ3v) is 3.56. The molecule has 0 aromatic heterocycles. The summed E-state index contributed by atoms with van der Waals surface area (Å²) in [4.78, 5) is 12.3. The fourth-order valence-corrected chi connectivity index (χ4v) is 2.08. The van der Waals surface area contributed by atoms with Gasteiger partial charge in [-0.3, -0.25) is 4.79 Å². The van der Waals surface area contributed by atoms with E-state index in [1.54, 1.807) is 6.07 Å². The molecule has 2 rings (SSSR count). The summed E-state index contributed by atoms with van der Waals surface area (Å²) in [6, 6.07) is 13.2. The molecule has 0 atom stereocenters. The van der Waals surface area contributed by atoms with Crippen molar-refractivity contribution in [3.8, 4) is 0 Å². The van der Waals surface area contributed by atoms with Crippen LogP contribution in [0.4, 0.5) is 0 Å². The SMILES string of the molecule is CCc1ccc(C(=O)c2cccc(C)c2Cl)cc1. The van der Waals surface area contributed by atoms with E-state index < -0.39 is 0 Å². The standard InChI is InChI=1S/C16H15ClO/c1-3-12-7-9-13(10-8-12)16(18)14-6-4-5-11(2)15(14)17/h4-10H,3H2,1-2H3. The van der Waals surface area contributed by atoms with Gasteiger partial charge in [-0.15, -0.1) is 0 Å². The van der Waals surface area contributed by atoms with Crippen LogP contribution in [-0.2, 0) is 6.42 Å². The highest BCUT2D eigenvalue weighted by molar-refractivity contribution is 6.35. The summed E-state index contributed by atoms with van der Waals surface area (Å²) in [5.74, 6) is -0.0219. The zero-order valence-electron chi connectivity index (χ0n) is 10.5. The zero-order valence-corrected chi connectivity index (χ0v) is 11.3. The Morgan fingerprint density at radius 2 is 1.78 bits per heavy atom. The minimum atomic E-state index is -0.0219. The van der Waals surface area contributed by atoms with Gasteiger partial charge in [-0.2, -0.15) is 0 Å². The number of benzene rings is 2. The van der Waals surface area contributed by atoms with Gasteiger partial charge in [-0.05, 0) is 30.5 Å². The number of carbonyl (C=O) groups is 1. The van der Waals surface area contributed by atoms with Gasteiger partial charge in [0.25, 0.3) is 0 Å². The van der Waals surface area contributed by atoms with Crippen LogP contribution in [-0.4, -0.2) is 5.78 Å². The van der Waals surface area contributed by atoms with Crippen molar-refractivity contribution >= 4 is 17.4 Å². The molecule has 2 aromatic carbocycles. The molecule has 0 saturated carbocycles. The van der Waals surface area contributed by atoms with Gasteiger partial charge in [0.15, 0.2) is 5.78 Å². The second-order valence-electron chi connectivity index (χ2n) is 4.32. The molecular formula is C16H15ClO. The Kier molecular flexibility index (Phi) is 3.83. The molecular weight excluding hydrogens is 244 g/mol. The van der Waals surface area contributed by atoms with Crippen molar-refractivity contribution in [3.63, 3.8) is 0 Å². The molecule has 92 valence electrons. The van der Waals surface area contributed by atoms with Gasteiger partial charge in [0, 0.05) is 11.1 Å². The molecule has 1 nitrogen and oxygen atoms in total. The maximum Gasteiger partial charge on any atom is 0.194 e. The van der Waals surface area contributed by atoms with E-state index in [0.29, 0.717) is 16.1 Å². The highest BCUT2D eigenvalue weighted by atomic mass is 35.5. The number of carbonyl (C=O) groups excluding carboxylic acids is 1. The number of rotatable bonds is 3. The Morgan fingerprint density at radius 1 is 1.11 bits per heavy atom. The predicted molar refractivity (Wildman–Crippen MR) is 75.4 cm³/mol. The lowest BCUT2D eigenvalue weighted by molar-refractivity contribution is 0.103. The third-order valence-electron chi connectivity index (χ3n) is 3.06. The van der Waals surface area contributed by atoms with Crippen LogP contribution in [0.2, 0.25) is 5.02 Å². The lowest BCUT2D eigenvalue weighted by Crippen LogP contribution is -2.03. The van der Waals surface area contributed by atoms with Crippen molar-refractivity contribution in [2.75, 3.05) is 0 Å². The van der Waals surface area contributed by atoms with E-state index in [4.69, 9.17) is 11.6 Å². The van der Waals surface area contributed by atoms with Crippen LogP contribution in [0.15, 0.2) is 42.5 Å². The lowest BCUT2D eigenvalue weighted by Gasteiger charge is -2.06. The molecule has 0 spiro atoms. The van der Waals surface area contributed by atoms with E-state index in [0.717, 1.165) is 12.0 Å². The second kappa shape index (κ2) is 5.36. The van der Waals surface area contributed by atoms with Gasteiger partial charge in [-0.25, -0.2) is 0 Å². The molecule has 0 aliphatic rings. The molecule has 0 heterocycles. The molecule has 18 heavy (non-hydrogen) atoms. The molecule has 0 N–H and O–H groups in total. The number of aryl methyl sites for hydroxylation is 2. The van der Waals surface area contributed by atoms with Gasteiger partial charge < -0.3 is 0 Å². The summed E-state index contributed by atoms with van der Waals surface area (Å²) in [6.45, 7) is 3.99. The topological polar surface area (TPSA) is 17.1 Å². The van der Waals surface area contributed by atoms with E-state index in [1.165, 1.54) is 5.56 Å². The average Bonchev–Trinajstić information content (AvgIpc) is 2.41. The van der Waals surface area contributed by atoms with E-state index >= 15 is 0 Å². The molecule has 0 saturated heterocycles. The van der Waals surface area contributed by atoms with E-state index in [2.05, 4.69) is 6.92 Å². The first-order valence-corrected chi connectivity index (χ1v) is 6.40. The number of hydrogen-bond donors (Lipinski definition) is 0. The highest BCUT2D eigenvalue weighted by Gasteiger charge is 2.13. The Morgan fingerprint density at radius 3 is 2.39 bits per heavy atom. The molecule has 2 aromatic rings. The average molecular weight is 259 g/mol. The van der Waals surface area contributed by atoms with E-state index in [-0.39, 0.29) is 5.78 Å². The van der Waals surface area contributed by atoms with Gasteiger partial charge in [0.1, 0.15) is 0 Å². The molecule has 0 aliphatic heterocycles. The second-order valence-corrected chi connectivity index (χ2v) is 4.69. The normalized spacial score (nSPS) is 10.4. The maximum absolute atomic E-state index is 12.3. The highest BCUT2D eigenvalue weighted by Crippen LogP contribution is 2.23. The largest absolute Gasteiger partial charge is 0.289 e. The monoisotopic (exact) mass is 258 g/mol. The van der Waals surface area contributed by atoms with Crippen LogP contribution in [0.5, 0.6) is 0 Å². The van der Waals surface area contributed by atoms with Crippen molar-refractivity contribution in [2.24, 2.45) is 0 Å². The van der Waals surface area contributed by atoms with Crippen molar-refractivity contribution in [1.29, 1.82) is 0 Å². The summed E-state index contributed by atoms with van der Waals surface area (Å²) in [5.41, 5.74) is 3.40. The Labute approximate surface area is 112 Å². The van der Waals surface area contributed by atoms with Crippen molar-refractivity contribution in [3.05, 3.63) is 69.7 Å². The molecule has 0 amide bonds. The third kappa shape index (κ3) is 2.46. The Balaban J connectivity index is 2.38. The molecule has 2 heteroatoms. The Hall–Kier alpha value is -1.60. The summed E-state index contributed by atoms with van der Waals surface area (Å²) in [5, 5.41) is 0.544. The number of halogens is 1. The van der Waals surface area contributed by atoms with Crippen LogP contribution in [0.3, 0.4) is 0 Å². The van der Waals surface area contributed by atoms with Crippen LogP contribution < -0.4 is 0 Å². The summed E-state index contributed by atoms with van der Waals surface area (Å²) in [7, 11) is 0. The smallest absolute Gasteiger partial charge is 0.194 e.